The second kappa shape index (κ2) is 9.43. The van der Waals surface area contributed by atoms with Gasteiger partial charge in [0.1, 0.15) is 5.75 Å². The number of hydrogen-bond acceptors (Lipinski definition) is 4. The van der Waals surface area contributed by atoms with Crippen LogP contribution in [0.15, 0.2) is 85.1 Å². The number of ether oxygens (including phenoxy) is 1. The highest BCUT2D eigenvalue weighted by atomic mass is 16.5. The van der Waals surface area contributed by atoms with Crippen LogP contribution in [-0.2, 0) is 0 Å². The lowest BCUT2D eigenvalue weighted by molar-refractivity contribution is 0.102. The first kappa shape index (κ1) is 21.2. The van der Waals surface area contributed by atoms with Crippen LogP contribution in [0, 0.1) is 6.92 Å². The molecule has 3 aromatic carbocycles. The lowest BCUT2D eigenvalue weighted by Crippen LogP contribution is -2.11. The molecule has 0 atom stereocenters. The number of carbonyl (C=O) groups excluding carboxylic acids is 1. The van der Waals surface area contributed by atoms with E-state index in [0.29, 0.717) is 28.9 Å². The highest BCUT2D eigenvalue weighted by Gasteiger charge is 2.09. The van der Waals surface area contributed by atoms with Gasteiger partial charge in [-0.25, -0.2) is 4.98 Å². The number of hydrogen-bond donors (Lipinski definition) is 1. The van der Waals surface area contributed by atoms with Crippen LogP contribution in [-0.4, -0.2) is 15.9 Å². The van der Waals surface area contributed by atoms with Gasteiger partial charge in [-0.15, -0.1) is 0 Å². The van der Waals surface area contributed by atoms with E-state index in [1.165, 1.54) is 5.56 Å². The van der Waals surface area contributed by atoms with E-state index in [1.54, 1.807) is 36.5 Å². The summed E-state index contributed by atoms with van der Waals surface area (Å²) < 4.78 is 5.88. The minimum Gasteiger partial charge on any atom is -0.439 e. The summed E-state index contributed by atoms with van der Waals surface area (Å²) in [6.45, 7) is 6.31. The Bertz CT molecular complexity index is 1220. The van der Waals surface area contributed by atoms with Crippen LogP contribution < -0.4 is 10.1 Å². The first-order chi connectivity index (χ1) is 15.5. The third-order valence-electron chi connectivity index (χ3n) is 5.08. The molecule has 0 aliphatic rings. The summed E-state index contributed by atoms with van der Waals surface area (Å²) in [7, 11) is 0. The maximum atomic E-state index is 12.6. The maximum Gasteiger partial charge on any atom is 0.255 e. The average Bonchev–Trinajstić information content (AvgIpc) is 2.80. The molecule has 160 valence electrons. The van der Waals surface area contributed by atoms with Crippen molar-refractivity contribution in [3.05, 3.63) is 102 Å². The average molecular weight is 424 g/mol. The van der Waals surface area contributed by atoms with Crippen molar-refractivity contribution in [3.8, 4) is 23.0 Å². The minimum absolute atomic E-state index is 0.169. The predicted octanol–water partition coefficient (Wildman–Crippen LogP) is 6.62. The number of carbonyl (C=O) groups is 1. The third kappa shape index (κ3) is 5.19. The summed E-state index contributed by atoms with van der Waals surface area (Å²) in [6.07, 6.45) is 1.67. The van der Waals surface area contributed by atoms with E-state index in [2.05, 4.69) is 29.1 Å². The zero-order valence-electron chi connectivity index (χ0n) is 18.4. The van der Waals surface area contributed by atoms with E-state index in [-0.39, 0.29) is 5.91 Å². The largest absolute Gasteiger partial charge is 0.439 e. The first-order valence-electron chi connectivity index (χ1n) is 10.6. The number of anilines is 1. The number of benzene rings is 3. The number of nitrogens with one attached hydrogen (secondary N) is 1. The molecule has 0 fully saturated rings. The molecule has 1 N–H and O–H groups in total. The molecule has 0 saturated heterocycles. The lowest BCUT2D eigenvalue weighted by Gasteiger charge is -2.09. The molecular weight excluding hydrogens is 398 g/mol. The van der Waals surface area contributed by atoms with E-state index in [4.69, 9.17) is 4.74 Å². The molecule has 1 aromatic heterocycles. The normalized spacial score (nSPS) is 10.8. The SMILES string of the molecule is Cc1cccc(-c2nccc(Oc3ccc(C(=O)Nc4ccc(C(C)C)cc4)cc3)n2)c1. The molecule has 0 spiro atoms. The predicted molar refractivity (Wildman–Crippen MR) is 127 cm³/mol. The molecule has 0 saturated carbocycles. The smallest absolute Gasteiger partial charge is 0.255 e. The maximum absolute atomic E-state index is 12.6. The monoisotopic (exact) mass is 423 g/mol. The van der Waals surface area contributed by atoms with Gasteiger partial charge >= 0.3 is 0 Å². The van der Waals surface area contributed by atoms with Crippen molar-refractivity contribution in [1.82, 2.24) is 9.97 Å². The molecule has 1 amide bonds. The summed E-state index contributed by atoms with van der Waals surface area (Å²) in [5, 5.41) is 2.92. The fourth-order valence-corrected chi connectivity index (χ4v) is 3.27. The summed E-state index contributed by atoms with van der Waals surface area (Å²) in [5.74, 6) is 1.93. The molecule has 32 heavy (non-hydrogen) atoms. The van der Waals surface area contributed by atoms with E-state index in [1.807, 2.05) is 55.5 Å². The Morgan fingerprint density at radius 1 is 0.938 bits per heavy atom. The number of aryl methyl sites for hydroxylation is 1. The zero-order chi connectivity index (χ0) is 22.5. The lowest BCUT2D eigenvalue weighted by atomic mass is 10.0. The Labute approximate surface area is 188 Å². The summed E-state index contributed by atoms with van der Waals surface area (Å²) in [4.78, 5) is 21.4. The van der Waals surface area contributed by atoms with Gasteiger partial charge in [0, 0.05) is 29.1 Å². The highest BCUT2D eigenvalue weighted by molar-refractivity contribution is 6.04. The Balaban J connectivity index is 1.42. The van der Waals surface area contributed by atoms with Crippen LogP contribution in [0.3, 0.4) is 0 Å². The summed E-state index contributed by atoms with van der Waals surface area (Å²) >= 11 is 0. The van der Waals surface area contributed by atoms with Gasteiger partial charge in [0.15, 0.2) is 5.82 Å². The summed E-state index contributed by atoms with van der Waals surface area (Å²) in [6, 6.07) is 24.6. The van der Waals surface area contributed by atoms with Gasteiger partial charge in [-0.1, -0.05) is 49.7 Å². The van der Waals surface area contributed by atoms with Gasteiger partial charge in [-0.05, 0) is 60.9 Å². The molecule has 0 aliphatic carbocycles. The number of amides is 1. The molecule has 4 rings (SSSR count). The Kier molecular flexibility index (Phi) is 6.26. The molecule has 1 heterocycles. The standard InChI is InChI=1S/C27H25N3O2/c1-18(2)20-7-11-23(12-8-20)29-27(31)21-9-13-24(14-10-21)32-25-15-16-28-26(30-25)22-6-4-5-19(3)17-22/h4-18H,1-3H3,(H,29,31). The Morgan fingerprint density at radius 2 is 1.69 bits per heavy atom. The summed E-state index contributed by atoms with van der Waals surface area (Å²) in [5.41, 5.74) is 4.63. The van der Waals surface area contributed by atoms with Gasteiger partial charge in [-0.2, -0.15) is 4.98 Å². The van der Waals surface area contributed by atoms with Crippen LogP contribution in [0.5, 0.6) is 11.6 Å². The highest BCUT2D eigenvalue weighted by Crippen LogP contribution is 2.23. The van der Waals surface area contributed by atoms with Crippen molar-refractivity contribution >= 4 is 11.6 Å². The number of nitrogens with zero attached hydrogens (tertiary/aromatic N) is 2. The molecule has 4 aromatic rings. The van der Waals surface area contributed by atoms with Crippen molar-refractivity contribution in [2.24, 2.45) is 0 Å². The van der Waals surface area contributed by atoms with Crippen LogP contribution in [0.1, 0.15) is 41.3 Å². The molecule has 0 bridgehead atoms. The quantitative estimate of drug-likeness (QED) is 0.378. The van der Waals surface area contributed by atoms with Crippen LogP contribution in [0.4, 0.5) is 5.69 Å². The fraction of sp³-hybridized carbons (Fsp3) is 0.148. The molecule has 5 nitrogen and oxygen atoms in total. The topological polar surface area (TPSA) is 64.1 Å². The van der Waals surface area contributed by atoms with E-state index in [9.17, 15) is 4.79 Å². The van der Waals surface area contributed by atoms with Gasteiger partial charge in [-0.3, -0.25) is 4.79 Å². The van der Waals surface area contributed by atoms with Crippen LogP contribution in [0.25, 0.3) is 11.4 Å². The van der Waals surface area contributed by atoms with Crippen LogP contribution >= 0.6 is 0 Å². The van der Waals surface area contributed by atoms with Crippen molar-refractivity contribution < 1.29 is 9.53 Å². The van der Waals surface area contributed by atoms with Crippen molar-refractivity contribution in [2.45, 2.75) is 26.7 Å². The Morgan fingerprint density at radius 3 is 2.38 bits per heavy atom. The zero-order valence-corrected chi connectivity index (χ0v) is 18.4. The van der Waals surface area contributed by atoms with Crippen molar-refractivity contribution in [1.29, 1.82) is 0 Å². The minimum atomic E-state index is -0.169. The van der Waals surface area contributed by atoms with E-state index in [0.717, 1.165) is 16.8 Å². The van der Waals surface area contributed by atoms with Gasteiger partial charge in [0.2, 0.25) is 5.88 Å². The van der Waals surface area contributed by atoms with Crippen molar-refractivity contribution in [2.75, 3.05) is 5.32 Å². The van der Waals surface area contributed by atoms with Crippen LogP contribution in [0.2, 0.25) is 0 Å². The molecule has 0 radical (unpaired) electrons. The number of rotatable bonds is 6. The number of aromatic nitrogens is 2. The van der Waals surface area contributed by atoms with Crippen molar-refractivity contribution in [3.63, 3.8) is 0 Å². The fourth-order valence-electron chi connectivity index (χ4n) is 3.27. The van der Waals surface area contributed by atoms with Gasteiger partial charge in [0.05, 0.1) is 0 Å². The third-order valence-corrected chi connectivity index (χ3v) is 5.08. The molecule has 5 heteroatoms. The molecule has 0 aliphatic heterocycles. The first-order valence-corrected chi connectivity index (χ1v) is 10.6. The second-order valence-electron chi connectivity index (χ2n) is 7.95. The van der Waals surface area contributed by atoms with E-state index >= 15 is 0 Å². The van der Waals surface area contributed by atoms with E-state index < -0.39 is 0 Å². The second-order valence-corrected chi connectivity index (χ2v) is 7.95. The Hall–Kier alpha value is -3.99. The molecular formula is C27H25N3O2. The van der Waals surface area contributed by atoms with Gasteiger partial charge in [0.25, 0.3) is 5.91 Å². The molecule has 0 unspecified atom stereocenters. The van der Waals surface area contributed by atoms with Gasteiger partial charge < -0.3 is 10.1 Å².